The molecule has 1 rings (SSSR count). The van der Waals surface area contributed by atoms with Crippen LogP contribution < -0.4 is 5.32 Å². The minimum absolute atomic E-state index is 0.392. The Labute approximate surface area is 50.2 Å². The fourth-order valence-electron chi connectivity index (χ4n) is 0.842. The van der Waals surface area contributed by atoms with Crippen molar-refractivity contribution in [1.82, 2.24) is 5.32 Å². The summed E-state index contributed by atoms with van der Waals surface area (Å²) in [5.74, 6) is 0. The Balaban J connectivity index is 2.28. The van der Waals surface area contributed by atoms with Gasteiger partial charge in [-0.3, -0.25) is 0 Å². The van der Waals surface area contributed by atoms with Crippen LogP contribution in [0.5, 0.6) is 0 Å². The maximum absolute atomic E-state index is 5.33. The van der Waals surface area contributed by atoms with Crippen molar-refractivity contribution < 1.29 is 4.74 Å². The second-order valence-corrected chi connectivity index (χ2v) is 2.32. The van der Waals surface area contributed by atoms with Gasteiger partial charge in [0.1, 0.15) is 0 Å². The molecule has 1 saturated heterocycles. The first kappa shape index (κ1) is 6.05. The Bertz CT molecular complexity index is 64.9. The standard InChI is InChI=1S/C6H13NO/c1-5-6(2)8-4-3-7-5/h5-7H,3-4H2,1-2H3/t5?,6-/m1/s1. The topological polar surface area (TPSA) is 21.3 Å². The van der Waals surface area contributed by atoms with Gasteiger partial charge in [-0.2, -0.15) is 0 Å². The van der Waals surface area contributed by atoms with Crippen LogP contribution in [0, 0.1) is 0 Å². The molecule has 0 bridgehead atoms. The summed E-state index contributed by atoms with van der Waals surface area (Å²) in [7, 11) is 0. The number of hydrogen-bond acceptors (Lipinski definition) is 2. The van der Waals surface area contributed by atoms with Crippen LogP contribution in [0.2, 0.25) is 0 Å². The molecule has 1 unspecified atom stereocenters. The lowest BCUT2D eigenvalue weighted by Crippen LogP contribution is -2.44. The summed E-state index contributed by atoms with van der Waals surface area (Å²) in [6.45, 7) is 6.11. The molecule has 0 saturated carbocycles. The third kappa shape index (κ3) is 1.20. The third-order valence-corrected chi connectivity index (χ3v) is 1.65. The lowest BCUT2D eigenvalue weighted by atomic mass is 10.2. The summed E-state index contributed by atoms with van der Waals surface area (Å²) >= 11 is 0. The zero-order chi connectivity index (χ0) is 5.98. The van der Waals surface area contributed by atoms with Crippen molar-refractivity contribution in [3.8, 4) is 0 Å². The van der Waals surface area contributed by atoms with E-state index < -0.39 is 0 Å². The monoisotopic (exact) mass is 115 g/mol. The molecular formula is C6H13NO. The predicted octanol–water partition coefficient (Wildman–Crippen LogP) is 0.383. The largest absolute Gasteiger partial charge is 0.376 e. The van der Waals surface area contributed by atoms with E-state index in [2.05, 4.69) is 19.2 Å². The Morgan fingerprint density at radius 3 is 2.62 bits per heavy atom. The molecular weight excluding hydrogens is 102 g/mol. The molecule has 8 heavy (non-hydrogen) atoms. The van der Waals surface area contributed by atoms with Gasteiger partial charge >= 0.3 is 0 Å². The van der Waals surface area contributed by atoms with Crippen LogP contribution >= 0.6 is 0 Å². The summed E-state index contributed by atoms with van der Waals surface area (Å²) in [6, 6.07) is 0.531. The molecule has 2 heteroatoms. The lowest BCUT2D eigenvalue weighted by Gasteiger charge is -2.26. The van der Waals surface area contributed by atoms with Crippen LogP contribution in [0.3, 0.4) is 0 Å². The van der Waals surface area contributed by atoms with Crippen LogP contribution in [0.25, 0.3) is 0 Å². The highest BCUT2D eigenvalue weighted by atomic mass is 16.5. The summed E-state index contributed by atoms with van der Waals surface area (Å²) in [6.07, 6.45) is 0.392. The number of rotatable bonds is 0. The van der Waals surface area contributed by atoms with Gasteiger partial charge in [-0.05, 0) is 13.8 Å². The highest BCUT2D eigenvalue weighted by Gasteiger charge is 2.15. The molecule has 1 fully saturated rings. The van der Waals surface area contributed by atoms with Crippen molar-refractivity contribution in [3.05, 3.63) is 0 Å². The van der Waals surface area contributed by atoms with Crippen molar-refractivity contribution in [2.45, 2.75) is 26.0 Å². The van der Waals surface area contributed by atoms with Crippen LogP contribution in [-0.4, -0.2) is 25.3 Å². The third-order valence-electron chi connectivity index (χ3n) is 1.65. The van der Waals surface area contributed by atoms with E-state index in [0.29, 0.717) is 12.1 Å². The zero-order valence-corrected chi connectivity index (χ0v) is 5.48. The van der Waals surface area contributed by atoms with Crippen molar-refractivity contribution in [2.24, 2.45) is 0 Å². The van der Waals surface area contributed by atoms with E-state index in [4.69, 9.17) is 4.74 Å². The Hall–Kier alpha value is -0.0800. The van der Waals surface area contributed by atoms with E-state index in [1.165, 1.54) is 0 Å². The van der Waals surface area contributed by atoms with Crippen LogP contribution in [0.4, 0.5) is 0 Å². The number of hydrogen-bond donors (Lipinski definition) is 1. The minimum Gasteiger partial charge on any atom is -0.376 e. The van der Waals surface area contributed by atoms with E-state index in [1.54, 1.807) is 0 Å². The number of nitrogens with one attached hydrogen (secondary N) is 1. The van der Waals surface area contributed by atoms with Gasteiger partial charge in [0.15, 0.2) is 0 Å². The first-order chi connectivity index (χ1) is 3.80. The highest BCUT2D eigenvalue weighted by Crippen LogP contribution is 2.00. The van der Waals surface area contributed by atoms with E-state index in [-0.39, 0.29) is 0 Å². The Morgan fingerprint density at radius 2 is 2.25 bits per heavy atom. The first-order valence-corrected chi connectivity index (χ1v) is 3.15. The number of morpholine rings is 1. The van der Waals surface area contributed by atoms with E-state index >= 15 is 0 Å². The smallest absolute Gasteiger partial charge is 0.0697 e. The second-order valence-electron chi connectivity index (χ2n) is 2.32. The summed E-state index contributed by atoms with van der Waals surface area (Å²) in [5, 5.41) is 3.31. The molecule has 2 atom stereocenters. The van der Waals surface area contributed by atoms with Crippen LogP contribution in [-0.2, 0) is 4.74 Å². The lowest BCUT2D eigenvalue weighted by molar-refractivity contribution is 0.0135. The van der Waals surface area contributed by atoms with Gasteiger partial charge in [-0.15, -0.1) is 0 Å². The van der Waals surface area contributed by atoms with Gasteiger partial charge in [0, 0.05) is 12.6 Å². The maximum atomic E-state index is 5.33. The average molecular weight is 115 g/mol. The average Bonchev–Trinajstić information content (AvgIpc) is 1.77. The van der Waals surface area contributed by atoms with Crippen molar-refractivity contribution >= 4 is 0 Å². The fraction of sp³-hybridized carbons (Fsp3) is 1.00. The van der Waals surface area contributed by atoms with Gasteiger partial charge in [-0.25, -0.2) is 0 Å². The summed E-state index contributed by atoms with van der Waals surface area (Å²) < 4.78 is 5.33. The van der Waals surface area contributed by atoms with Crippen LogP contribution in [0.15, 0.2) is 0 Å². The normalized spacial score (nSPS) is 39.8. The SMILES string of the molecule is CC1NCCO[C@@H]1C. The zero-order valence-electron chi connectivity index (χ0n) is 5.48. The van der Waals surface area contributed by atoms with Crippen molar-refractivity contribution in [1.29, 1.82) is 0 Å². The van der Waals surface area contributed by atoms with E-state index in [1.807, 2.05) is 0 Å². The van der Waals surface area contributed by atoms with Crippen LogP contribution in [0.1, 0.15) is 13.8 Å². The molecule has 0 aromatic rings. The minimum atomic E-state index is 0.392. The summed E-state index contributed by atoms with van der Waals surface area (Å²) in [4.78, 5) is 0. The molecule has 1 aliphatic heterocycles. The van der Waals surface area contributed by atoms with E-state index in [0.717, 1.165) is 13.2 Å². The maximum Gasteiger partial charge on any atom is 0.0697 e. The molecule has 0 aromatic carbocycles. The molecule has 1 N–H and O–H groups in total. The first-order valence-electron chi connectivity index (χ1n) is 3.15. The molecule has 48 valence electrons. The number of ether oxygens (including phenoxy) is 1. The van der Waals surface area contributed by atoms with Gasteiger partial charge in [-0.1, -0.05) is 0 Å². The second kappa shape index (κ2) is 2.46. The fourth-order valence-corrected chi connectivity index (χ4v) is 0.842. The highest BCUT2D eigenvalue weighted by molar-refractivity contribution is 4.71. The molecule has 0 spiro atoms. The quantitative estimate of drug-likeness (QED) is 0.493. The van der Waals surface area contributed by atoms with Gasteiger partial charge in [0.2, 0.25) is 0 Å². The van der Waals surface area contributed by atoms with E-state index in [9.17, 15) is 0 Å². The summed E-state index contributed by atoms with van der Waals surface area (Å²) in [5.41, 5.74) is 0. The predicted molar refractivity (Wildman–Crippen MR) is 32.9 cm³/mol. The molecule has 0 amide bonds. The molecule has 1 heterocycles. The van der Waals surface area contributed by atoms with Crippen molar-refractivity contribution in [2.75, 3.05) is 13.2 Å². The Morgan fingerprint density at radius 1 is 1.50 bits per heavy atom. The van der Waals surface area contributed by atoms with Gasteiger partial charge in [0.25, 0.3) is 0 Å². The molecule has 0 aromatic heterocycles. The molecule has 1 aliphatic rings. The van der Waals surface area contributed by atoms with Gasteiger partial charge in [0.05, 0.1) is 12.7 Å². The molecule has 0 radical (unpaired) electrons. The Kier molecular flexibility index (Phi) is 1.86. The molecule has 2 nitrogen and oxygen atoms in total. The molecule has 0 aliphatic carbocycles. The van der Waals surface area contributed by atoms with Crippen molar-refractivity contribution in [3.63, 3.8) is 0 Å². The van der Waals surface area contributed by atoms with Gasteiger partial charge < -0.3 is 10.1 Å².